The van der Waals surface area contributed by atoms with Gasteiger partial charge in [0.25, 0.3) is 0 Å². The topological polar surface area (TPSA) is 97.5 Å². The van der Waals surface area contributed by atoms with Crippen molar-refractivity contribution in [1.29, 1.82) is 0 Å². The molecule has 0 saturated carbocycles. The molecule has 0 aliphatic rings. The van der Waals surface area contributed by atoms with Gasteiger partial charge in [-0.2, -0.15) is 0 Å². The Morgan fingerprint density at radius 2 is 2.50 bits per heavy atom. The molecule has 1 aromatic heterocycles. The Balaban J connectivity index is 2.77. The third kappa shape index (κ3) is 2.27. The van der Waals surface area contributed by atoms with Gasteiger partial charge in [0, 0.05) is 0 Å². The molecular weight excluding hydrogens is 190 g/mol. The molecule has 0 spiro atoms. The first-order chi connectivity index (χ1) is 6.69. The maximum atomic E-state index is 11.1. The molecule has 1 rings (SSSR count). The monoisotopic (exact) mass is 200 g/mol. The summed E-state index contributed by atoms with van der Waals surface area (Å²) in [4.78, 5) is 11.1. The van der Waals surface area contributed by atoms with Crippen molar-refractivity contribution in [1.82, 2.24) is 14.8 Å². The first kappa shape index (κ1) is 10.6. The Kier molecular flexibility index (Phi) is 3.55. The van der Waals surface area contributed by atoms with E-state index in [-0.39, 0.29) is 12.4 Å². The number of carbonyl (C=O) groups is 1. The highest BCUT2D eigenvalue weighted by Crippen LogP contribution is 1.98. The van der Waals surface area contributed by atoms with Crippen molar-refractivity contribution in [2.45, 2.75) is 12.6 Å². The quantitative estimate of drug-likeness (QED) is 0.557. The zero-order valence-electron chi connectivity index (χ0n) is 7.54. The summed E-state index contributed by atoms with van der Waals surface area (Å²) in [5.41, 5.74) is 0. The Morgan fingerprint density at radius 1 is 1.79 bits per heavy atom. The van der Waals surface area contributed by atoms with Crippen LogP contribution in [0.2, 0.25) is 0 Å². The SMILES string of the molecule is COC(=O)c1nn[c]n1CC(O)CO. The number of carbonyl (C=O) groups excluding carboxylic acids is 1. The molecule has 0 amide bonds. The number of aliphatic hydroxyl groups excluding tert-OH is 2. The molecule has 7 nitrogen and oxygen atoms in total. The minimum Gasteiger partial charge on any atom is -0.463 e. The maximum absolute atomic E-state index is 11.1. The van der Waals surface area contributed by atoms with Gasteiger partial charge in [-0.25, -0.2) is 4.79 Å². The highest BCUT2D eigenvalue weighted by molar-refractivity contribution is 5.85. The Hall–Kier alpha value is -1.47. The van der Waals surface area contributed by atoms with Gasteiger partial charge >= 0.3 is 5.97 Å². The van der Waals surface area contributed by atoms with Crippen LogP contribution in [0, 0.1) is 6.33 Å². The Morgan fingerprint density at radius 3 is 3.07 bits per heavy atom. The zero-order valence-corrected chi connectivity index (χ0v) is 7.54. The van der Waals surface area contributed by atoms with Gasteiger partial charge in [0.1, 0.15) is 0 Å². The molecule has 1 unspecified atom stereocenters. The standard InChI is InChI=1S/C7H10N3O4/c1-14-7(13)6-9-8-4-10(6)2-5(12)3-11/h5,11-12H,2-3H2,1H3. The van der Waals surface area contributed by atoms with E-state index >= 15 is 0 Å². The number of nitrogens with zero attached hydrogens (tertiary/aromatic N) is 3. The first-order valence-electron chi connectivity index (χ1n) is 3.87. The van der Waals surface area contributed by atoms with Gasteiger partial charge < -0.3 is 14.9 Å². The minimum atomic E-state index is -0.981. The fraction of sp³-hybridized carbons (Fsp3) is 0.571. The van der Waals surface area contributed by atoms with Gasteiger partial charge in [-0.3, -0.25) is 4.57 Å². The second-order valence-corrected chi connectivity index (χ2v) is 2.56. The molecule has 0 fully saturated rings. The third-order valence-corrected chi connectivity index (χ3v) is 1.54. The van der Waals surface area contributed by atoms with Crippen molar-refractivity contribution in [2.24, 2.45) is 0 Å². The molecule has 0 aliphatic heterocycles. The van der Waals surface area contributed by atoms with Crippen LogP contribution in [0.3, 0.4) is 0 Å². The largest absolute Gasteiger partial charge is 0.463 e. The van der Waals surface area contributed by atoms with Gasteiger partial charge in [-0.1, -0.05) is 0 Å². The predicted octanol–water partition coefficient (Wildman–Crippen LogP) is -1.78. The lowest BCUT2D eigenvalue weighted by Crippen LogP contribution is -2.22. The summed E-state index contributed by atoms with van der Waals surface area (Å²) in [5, 5.41) is 24.5. The predicted molar refractivity (Wildman–Crippen MR) is 43.3 cm³/mol. The number of methoxy groups -OCH3 is 1. The molecule has 14 heavy (non-hydrogen) atoms. The Bertz CT molecular complexity index is 312. The van der Waals surface area contributed by atoms with E-state index in [0.717, 1.165) is 0 Å². The normalized spacial score (nSPS) is 12.5. The van der Waals surface area contributed by atoms with Crippen LogP contribution in [0.1, 0.15) is 10.6 Å². The molecule has 77 valence electrons. The van der Waals surface area contributed by atoms with E-state index in [0.29, 0.717) is 0 Å². The number of aliphatic hydroxyl groups is 2. The molecule has 0 bridgehead atoms. The van der Waals surface area contributed by atoms with Crippen LogP contribution < -0.4 is 0 Å². The molecule has 7 heteroatoms. The van der Waals surface area contributed by atoms with Crippen LogP contribution in [0.15, 0.2) is 0 Å². The van der Waals surface area contributed by atoms with E-state index in [1.165, 1.54) is 11.7 Å². The van der Waals surface area contributed by atoms with Gasteiger partial charge in [-0.05, 0) is 0 Å². The van der Waals surface area contributed by atoms with Crippen LogP contribution in [-0.4, -0.2) is 50.8 Å². The molecule has 1 atom stereocenters. The smallest absolute Gasteiger partial charge is 0.376 e. The lowest BCUT2D eigenvalue weighted by atomic mass is 10.4. The molecule has 0 aromatic carbocycles. The van der Waals surface area contributed by atoms with Crippen LogP contribution in [0.4, 0.5) is 0 Å². The summed E-state index contributed by atoms with van der Waals surface area (Å²) in [6.07, 6.45) is 1.39. The summed E-state index contributed by atoms with van der Waals surface area (Å²) >= 11 is 0. The molecule has 0 aliphatic carbocycles. The van der Waals surface area contributed by atoms with E-state index < -0.39 is 18.7 Å². The third-order valence-electron chi connectivity index (χ3n) is 1.54. The van der Waals surface area contributed by atoms with Crippen molar-refractivity contribution in [2.75, 3.05) is 13.7 Å². The van der Waals surface area contributed by atoms with E-state index in [4.69, 9.17) is 10.2 Å². The molecule has 0 saturated heterocycles. The van der Waals surface area contributed by atoms with Crippen LogP contribution in [0.25, 0.3) is 0 Å². The molecule has 1 heterocycles. The number of hydrogen-bond acceptors (Lipinski definition) is 6. The van der Waals surface area contributed by atoms with Gasteiger partial charge in [-0.15, -0.1) is 10.2 Å². The second kappa shape index (κ2) is 4.68. The minimum absolute atomic E-state index is 0.00602. The van der Waals surface area contributed by atoms with Crippen LogP contribution in [0.5, 0.6) is 0 Å². The zero-order chi connectivity index (χ0) is 10.6. The Labute approximate surface area is 79.9 Å². The molecule has 1 radical (unpaired) electrons. The lowest BCUT2D eigenvalue weighted by Gasteiger charge is -2.08. The summed E-state index contributed by atoms with van der Waals surface area (Å²) in [6, 6.07) is 0. The average Bonchev–Trinajstić information content (AvgIpc) is 2.64. The molecular formula is C7H10N3O4. The summed E-state index contributed by atoms with van der Waals surface area (Å²) in [7, 11) is 1.21. The fourth-order valence-corrected chi connectivity index (χ4v) is 0.863. The summed E-state index contributed by atoms with van der Waals surface area (Å²) < 4.78 is 5.61. The molecule has 1 aromatic rings. The average molecular weight is 200 g/mol. The lowest BCUT2D eigenvalue weighted by molar-refractivity contribution is 0.0559. The number of rotatable bonds is 4. The molecule has 2 N–H and O–H groups in total. The van der Waals surface area contributed by atoms with Gasteiger partial charge in [0.05, 0.1) is 26.4 Å². The number of esters is 1. The van der Waals surface area contributed by atoms with Crippen LogP contribution >= 0.6 is 0 Å². The van der Waals surface area contributed by atoms with E-state index in [2.05, 4.69) is 21.3 Å². The fourth-order valence-electron chi connectivity index (χ4n) is 0.863. The van der Waals surface area contributed by atoms with Crippen molar-refractivity contribution < 1.29 is 19.7 Å². The number of ether oxygens (including phenoxy) is 1. The van der Waals surface area contributed by atoms with E-state index in [1.807, 2.05) is 0 Å². The number of hydrogen-bond donors (Lipinski definition) is 2. The van der Waals surface area contributed by atoms with Crippen molar-refractivity contribution in [3.8, 4) is 0 Å². The van der Waals surface area contributed by atoms with Crippen molar-refractivity contribution in [3.63, 3.8) is 0 Å². The first-order valence-corrected chi connectivity index (χ1v) is 3.87. The number of aromatic nitrogens is 3. The summed E-state index contributed by atoms with van der Waals surface area (Å²) in [6.45, 7) is -0.416. The van der Waals surface area contributed by atoms with Crippen molar-refractivity contribution in [3.05, 3.63) is 12.2 Å². The highest BCUT2D eigenvalue weighted by Gasteiger charge is 2.16. The van der Waals surface area contributed by atoms with Crippen molar-refractivity contribution >= 4 is 5.97 Å². The van der Waals surface area contributed by atoms with Crippen LogP contribution in [-0.2, 0) is 11.3 Å². The van der Waals surface area contributed by atoms with Gasteiger partial charge in [0.2, 0.25) is 12.2 Å². The second-order valence-electron chi connectivity index (χ2n) is 2.56. The van der Waals surface area contributed by atoms with E-state index in [1.54, 1.807) is 0 Å². The van der Waals surface area contributed by atoms with Gasteiger partial charge in [0.15, 0.2) is 0 Å². The maximum Gasteiger partial charge on any atom is 0.376 e. The van der Waals surface area contributed by atoms with E-state index in [9.17, 15) is 4.79 Å². The summed E-state index contributed by atoms with van der Waals surface area (Å²) in [5.74, 6) is -0.719. The highest BCUT2D eigenvalue weighted by atomic mass is 16.5.